The monoisotopic (exact) mass is 214 g/mol. The summed E-state index contributed by atoms with van der Waals surface area (Å²) in [5.74, 6) is 0.752. The zero-order chi connectivity index (χ0) is 11.1. The number of cyclic esters (lactones) is 1. The van der Waals surface area contributed by atoms with Crippen LogP contribution in [0.3, 0.4) is 0 Å². The van der Waals surface area contributed by atoms with Crippen LogP contribution in [0.1, 0.15) is 34.9 Å². The van der Waals surface area contributed by atoms with Crippen LogP contribution in [0.4, 0.5) is 0 Å². The van der Waals surface area contributed by atoms with E-state index in [1.165, 1.54) is 12.8 Å². The molecule has 0 radical (unpaired) electrons. The highest BCUT2D eigenvalue weighted by Gasteiger charge is 2.42. The average molecular weight is 214 g/mol. The molecule has 1 aromatic carbocycles. The topological polar surface area (TPSA) is 26.3 Å². The van der Waals surface area contributed by atoms with E-state index >= 15 is 0 Å². The summed E-state index contributed by atoms with van der Waals surface area (Å²) in [5, 5.41) is 0. The third kappa shape index (κ3) is 1.37. The molecule has 16 heavy (non-hydrogen) atoms. The van der Waals surface area contributed by atoms with Crippen molar-refractivity contribution in [3.8, 4) is 0 Å². The van der Waals surface area contributed by atoms with E-state index < -0.39 is 0 Å². The number of carbonyl (C=O) groups is 1. The van der Waals surface area contributed by atoms with E-state index in [2.05, 4.69) is 6.58 Å². The summed E-state index contributed by atoms with van der Waals surface area (Å²) < 4.78 is 5.48. The van der Waals surface area contributed by atoms with Crippen molar-refractivity contribution >= 4 is 5.97 Å². The molecule has 2 nitrogen and oxygen atoms in total. The standard InChI is InChI=1S/C14H14O2/c1-2-10(9-7-8-9)13-11-5-3-4-6-12(11)14(15)16-13/h2-6,9-10,13H,1,7-8H2/t10-,13+/m1/s1. The fourth-order valence-electron chi connectivity index (χ4n) is 2.50. The van der Waals surface area contributed by atoms with Crippen LogP contribution in [0.5, 0.6) is 0 Å². The predicted octanol–water partition coefficient (Wildman–Crippen LogP) is 3.11. The highest BCUT2D eigenvalue weighted by atomic mass is 16.5. The van der Waals surface area contributed by atoms with Crippen molar-refractivity contribution < 1.29 is 9.53 Å². The first-order valence-electron chi connectivity index (χ1n) is 5.73. The quantitative estimate of drug-likeness (QED) is 0.571. The molecule has 2 heteroatoms. The number of hydrogen-bond donors (Lipinski definition) is 0. The summed E-state index contributed by atoms with van der Waals surface area (Å²) in [4.78, 5) is 11.7. The van der Waals surface area contributed by atoms with Gasteiger partial charge in [0.2, 0.25) is 0 Å². The molecule has 1 fully saturated rings. The Morgan fingerprint density at radius 3 is 2.81 bits per heavy atom. The molecule has 2 aliphatic rings. The summed E-state index contributed by atoms with van der Waals surface area (Å²) in [6, 6.07) is 7.66. The smallest absolute Gasteiger partial charge is 0.339 e. The minimum Gasteiger partial charge on any atom is -0.453 e. The van der Waals surface area contributed by atoms with E-state index in [-0.39, 0.29) is 18.0 Å². The predicted molar refractivity (Wildman–Crippen MR) is 61.0 cm³/mol. The third-order valence-electron chi connectivity index (χ3n) is 3.51. The molecular formula is C14H14O2. The number of fused-ring (bicyclic) bond motifs is 1. The number of esters is 1. The van der Waals surface area contributed by atoms with Crippen LogP contribution < -0.4 is 0 Å². The Morgan fingerprint density at radius 1 is 1.38 bits per heavy atom. The summed E-state index contributed by atoms with van der Waals surface area (Å²) in [6.45, 7) is 3.87. The van der Waals surface area contributed by atoms with Crippen molar-refractivity contribution in [1.29, 1.82) is 0 Å². The Morgan fingerprint density at radius 2 is 2.12 bits per heavy atom. The SMILES string of the molecule is C=C[C@H](C1CC1)[C@@H]1OC(=O)c2ccccc21. The van der Waals surface area contributed by atoms with Crippen molar-refractivity contribution in [3.63, 3.8) is 0 Å². The fourth-order valence-corrected chi connectivity index (χ4v) is 2.50. The summed E-state index contributed by atoms with van der Waals surface area (Å²) >= 11 is 0. The van der Waals surface area contributed by atoms with Gasteiger partial charge in [-0.15, -0.1) is 6.58 Å². The molecule has 0 unspecified atom stereocenters. The normalized spacial score (nSPS) is 24.8. The lowest BCUT2D eigenvalue weighted by Crippen LogP contribution is -2.12. The molecule has 1 heterocycles. The summed E-state index contributed by atoms with van der Waals surface area (Å²) in [6.07, 6.45) is 4.30. The van der Waals surface area contributed by atoms with Crippen LogP contribution in [0.25, 0.3) is 0 Å². The van der Waals surface area contributed by atoms with Crippen LogP contribution in [-0.4, -0.2) is 5.97 Å². The van der Waals surface area contributed by atoms with Crippen LogP contribution >= 0.6 is 0 Å². The highest BCUT2D eigenvalue weighted by Crippen LogP contribution is 2.47. The molecule has 0 saturated heterocycles. The molecule has 1 saturated carbocycles. The third-order valence-corrected chi connectivity index (χ3v) is 3.51. The van der Waals surface area contributed by atoms with E-state index in [9.17, 15) is 4.79 Å². The van der Waals surface area contributed by atoms with Gasteiger partial charge >= 0.3 is 5.97 Å². The van der Waals surface area contributed by atoms with Crippen molar-refractivity contribution in [3.05, 3.63) is 48.0 Å². The lowest BCUT2D eigenvalue weighted by Gasteiger charge is -2.19. The van der Waals surface area contributed by atoms with Gasteiger partial charge < -0.3 is 4.74 Å². The molecule has 0 aromatic heterocycles. The van der Waals surface area contributed by atoms with Gasteiger partial charge in [-0.25, -0.2) is 4.79 Å². The first-order chi connectivity index (χ1) is 7.81. The minimum absolute atomic E-state index is 0.103. The van der Waals surface area contributed by atoms with Crippen LogP contribution in [0.15, 0.2) is 36.9 Å². The number of rotatable bonds is 3. The Bertz CT molecular complexity index is 446. The lowest BCUT2D eigenvalue weighted by atomic mass is 9.91. The van der Waals surface area contributed by atoms with Gasteiger partial charge in [-0.1, -0.05) is 24.3 Å². The molecule has 1 aromatic rings. The Hall–Kier alpha value is -1.57. The van der Waals surface area contributed by atoms with Gasteiger partial charge in [0.15, 0.2) is 0 Å². The molecule has 2 atom stereocenters. The molecule has 3 rings (SSSR count). The van der Waals surface area contributed by atoms with Crippen LogP contribution in [0.2, 0.25) is 0 Å². The van der Waals surface area contributed by atoms with E-state index in [1.807, 2.05) is 30.3 Å². The fraction of sp³-hybridized carbons (Fsp3) is 0.357. The average Bonchev–Trinajstić information content (AvgIpc) is 3.08. The maximum atomic E-state index is 11.7. The van der Waals surface area contributed by atoms with Gasteiger partial charge in [0, 0.05) is 11.5 Å². The molecule has 0 spiro atoms. The number of benzene rings is 1. The highest BCUT2D eigenvalue weighted by molar-refractivity contribution is 5.94. The second-order valence-corrected chi connectivity index (χ2v) is 4.56. The van der Waals surface area contributed by atoms with Gasteiger partial charge in [0.25, 0.3) is 0 Å². The van der Waals surface area contributed by atoms with Crippen LogP contribution in [0, 0.1) is 11.8 Å². The van der Waals surface area contributed by atoms with Gasteiger partial charge in [-0.2, -0.15) is 0 Å². The lowest BCUT2D eigenvalue weighted by molar-refractivity contribution is 0.0269. The first kappa shape index (κ1) is 9.64. The maximum absolute atomic E-state index is 11.7. The zero-order valence-corrected chi connectivity index (χ0v) is 9.06. The van der Waals surface area contributed by atoms with E-state index in [4.69, 9.17) is 4.74 Å². The minimum atomic E-state index is -0.187. The Labute approximate surface area is 94.9 Å². The first-order valence-corrected chi connectivity index (χ1v) is 5.73. The van der Waals surface area contributed by atoms with Crippen molar-refractivity contribution in [1.82, 2.24) is 0 Å². The molecule has 1 aliphatic carbocycles. The summed E-state index contributed by atoms with van der Waals surface area (Å²) in [7, 11) is 0. The van der Waals surface area contributed by atoms with Gasteiger partial charge in [-0.3, -0.25) is 0 Å². The van der Waals surface area contributed by atoms with Crippen molar-refractivity contribution in [2.45, 2.75) is 18.9 Å². The van der Waals surface area contributed by atoms with E-state index in [1.54, 1.807) is 0 Å². The van der Waals surface area contributed by atoms with Gasteiger partial charge in [-0.05, 0) is 24.8 Å². The second-order valence-electron chi connectivity index (χ2n) is 4.56. The van der Waals surface area contributed by atoms with E-state index in [0.717, 1.165) is 11.1 Å². The molecule has 0 N–H and O–H groups in total. The number of hydrogen-bond acceptors (Lipinski definition) is 2. The summed E-state index contributed by atoms with van der Waals surface area (Å²) in [5.41, 5.74) is 1.75. The van der Waals surface area contributed by atoms with Gasteiger partial charge in [0.1, 0.15) is 6.10 Å². The zero-order valence-electron chi connectivity index (χ0n) is 9.06. The maximum Gasteiger partial charge on any atom is 0.339 e. The van der Waals surface area contributed by atoms with Gasteiger partial charge in [0.05, 0.1) is 5.56 Å². The molecule has 1 aliphatic heterocycles. The molecule has 0 amide bonds. The molecule has 0 bridgehead atoms. The molecular weight excluding hydrogens is 200 g/mol. The molecule has 82 valence electrons. The van der Waals surface area contributed by atoms with E-state index in [0.29, 0.717) is 5.92 Å². The van der Waals surface area contributed by atoms with Crippen LogP contribution in [-0.2, 0) is 4.74 Å². The van der Waals surface area contributed by atoms with Crippen molar-refractivity contribution in [2.75, 3.05) is 0 Å². The number of ether oxygens (including phenoxy) is 1. The Balaban J connectivity index is 1.98. The van der Waals surface area contributed by atoms with Crippen molar-refractivity contribution in [2.24, 2.45) is 11.8 Å². The largest absolute Gasteiger partial charge is 0.453 e. The number of carbonyl (C=O) groups excluding carboxylic acids is 1. The Kier molecular flexibility index (Phi) is 2.10. The second kappa shape index (κ2) is 3.48.